The molecule has 1 N–H and O–H groups in total. The Morgan fingerprint density at radius 1 is 1.28 bits per heavy atom. The highest BCUT2D eigenvalue weighted by atomic mass is 127. The van der Waals surface area contributed by atoms with Crippen molar-refractivity contribution in [1.82, 2.24) is 24.5 Å². The summed E-state index contributed by atoms with van der Waals surface area (Å²) < 4.78 is 4.40. The number of nitrogens with one attached hydrogen (secondary N) is 1. The first-order valence-corrected chi connectivity index (χ1v) is 9.68. The molecule has 1 unspecified atom stereocenters. The molecule has 7 nitrogen and oxygen atoms in total. The summed E-state index contributed by atoms with van der Waals surface area (Å²) in [6.45, 7) is 9.43. The molecule has 2 saturated heterocycles. The van der Waals surface area contributed by atoms with Crippen LogP contribution in [0.4, 0.5) is 5.13 Å². The summed E-state index contributed by atoms with van der Waals surface area (Å²) in [7, 11) is 4.08. The smallest absolute Gasteiger partial charge is 0.205 e. The van der Waals surface area contributed by atoms with Crippen LogP contribution in [0.2, 0.25) is 0 Å². The summed E-state index contributed by atoms with van der Waals surface area (Å²) in [6, 6.07) is 0. The molecule has 2 fully saturated rings. The van der Waals surface area contributed by atoms with Gasteiger partial charge >= 0.3 is 0 Å². The van der Waals surface area contributed by atoms with Gasteiger partial charge in [0.15, 0.2) is 5.96 Å². The Morgan fingerprint density at radius 2 is 2.04 bits per heavy atom. The fourth-order valence-corrected chi connectivity index (χ4v) is 4.19. The maximum atomic E-state index is 4.60. The van der Waals surface area contributed by atoms with Crippen LogP contribution in [-0.4, -0.2) is 85.0 Å². The summed E-state index contributed by atoms with van der Waals surface area (Å²) in [6.07, 6.45) is 2.19. The van der Waals surface area contributed by atoms with E-state index >= 15 is 0 Å². The highest BCUT2D eigenvalue weighted by Crippen LogP contribution is 2.19. The number of aromatic nitrogens is 2. The number of aliphatic imine (C=N–C) groups is 1. The molecule has 1 aromatic heterocycles. The van der Waals surface area contributed by atoms with Crippen molar-refractivity contribution in [3.8, 4) is 0 Å². The van der Waals surface area contributed by atoms with Gasteiger partial charge in [-0.05, 0) is 25.9 Å². The molecule has 0 aliphatic carbocycles. The van der Waals surface area contributed by atoms with Crippen molar-refractivity contribution in [3.05, 3.63) is 5.82 Å². The van der Waals surface area contributed by atoms with Gasteiger partial charge in [0.25, 0.3) is 0 Å². The van der Waals surface area contributed by atoms with Crippen molar-refractivity contribution in [1.29, 1.82) is 0 Å². The molecule has 25 heavy (non-hydrogen) atoms. The number of piperazine rings is 1. The highest BCUT2D eigenvalue weighted by Gasteiger charge is 2.24. The molecule has 0 amide bonds. The molecule has 9 heteroatoms. The van der Waals surface area contributed by atoms with Gasteiger partial charge < -0.3 is 20.0 Å². The third-order valence-corrected chi connectivity index (χ3v) is 5.69. The minimum atomic E-state index is 0. The fraction of sp³-hybridized carbons (Fsp3) is 0.812. The normalized spacial score (nSPS) is 22.2. The van der Waals surface area contributed by atoms with Crippen LogP contribution in [0.1, 0.15) is 19.2 Å². The molecule has 1 aromatic rings. The van der Waals surface area contributed by atoms with Crippen LogP contribution in [0, 0.1) is 5.92 Å². The zero-order valence-electron chi connectivity index (χ0n) is 15.4. The lowest BCUT2D eigenvalue weighted by Gasteiger charge is -2.36. The standard InChI is InChI=1S/C16H29N7S.HI/c1-4-14-19-16(24-20-14)23-9-7-22(8-10-23)15(17-2)18-11-13-5-6-21(3)12-13;/h13H,4-12H2,1-3H3,(H,17,18);1H. The largest absolute Gasteiger partial charge is 0.356 e. The van der Waals surface area contributed by atoms with E-state index in [-0.39, 0.29) is 24.0 Å². The third kappa shape index (κ3) is 5.40. The second kappa shape index (κ2) is 9.86. The molecule has 3 heterocycles. The zero-order chi connectivity index (χ0) is 16.9. The van der Waals surface area contributed by atoms with Crippen molar-refractivity contribution < 1.29 is 0 Å². The van der Waals surface area contributed by atoms with Gasteiger partial charge in [-0.25, -0.2) is 4.98 Å². The van der Waals surface area contributed by atoms with Gasteiger partial charge in [-0.1, -0.05) is 6.92 Å². The van der Waals surface area contributed by atoms with Crippen LogP contribution in [0.15, 0.2) is 4.99 Å². The first-order chi connectivity index (χ1) is 11.7. The predicted octanol–water partition coefficient (Wildman–Crippen LogP) is 1.37. The minimum absolute atomic E-state index is 0. The van der Waals surface area contributed by atoms with Crippen molar-refractivity contribution in [2.24, 2.45) is 10.9 Å². The summed E-state index contributed by atoms with van der Waals surface area (Å²) >= 11 is 1.52. The molecule has 2 aliphatic heterocycles. The van der Waals surface area contributed by atoms with Crippen molar-refractivity contribution in [2.45, 2.75) is 19.8 Å². The molecule has 0 bridgehead atoms. The predicted molar refractivity (Wildman–Crippen MR) is 115 cm³/mol. The molecular formula is C16H30IN7S. The minimum Gasteiger partial charge on any atom is -0.356 e. The highest BCUT2D eigenvalue weighted by molar-refractivity contribution is 14.0. The first kappa shape index (κ1) is 20.6. The Bertz CT molecular complexity index is 556. The number of aryl methyl sites for hydroxylation is 1. The van der Waals surface area contributed by atoms with Crippen LogP contribution in [0.3, 0.4) is 0 Å². The monoisotopic (exact) mass is 479 g/mol. The van der Waals surface area contributed by atoms with E-state index in [0.29, 0.717) is 0 Å². The number of likely N-dealkylation sites (tertiary alicyclic amines) is 1. The van der Waals surface area contributed by atoms with E-state index in [4.69, 9.17) is 0 Å². The van der Waals surface area contributed by atoms with Gasteiger partial charge in [-0.3, -0.25) is 4.99 Å². The van der Waals surface area contributed by atoms with Crippen molar-refractivity contribution in [3.63, 3.8) is 0 Å². The average molecular weight is 479 g/mol. The molecule has 0 saturated carbocycles. The van der Waals surface area contributed by atoms with Gasteiger partial charge in [-0.2, -0.15) is 4.37 Å². The van der Waals surface area contributed by atoms with E-state index in [2.05, 4.69) is 48.3 Å². The quantitative estimate of drug-likeness (QED) is 0.400. The van der Waals surface area contributed by atoms with E-state index in [1.54, 1.807) is 0 Å². The Hall–Kier alpha value is -0.680. The zero-order valence-corrected chi connectivity index (χ0v) is 18.6. The molecule has 3 rings (SSSR count). The van der Waals surface area contributed by atoms with Gasteiger partial charge in [0.05, 0.1) is 0 Å². The molecule has 142 valence electrons. The van der Waals surface area contributed by atoms with Crippen LogP contribution in [0.25, 0.3) is 0 Å². The number of halogens is 1. The average Bonchev–Trinajstić information content (AvgIpc) is 3.25. The molecule has 0 spiro atoms. The lowest BCUT2D eigenvalue weighted by Crippen LogP contribution is -2.53. The van der Waals surface area contributed by atoms with Crippen LogP contribution >= 0.6 is 35.5 Å². The topological polar surface area (TPSA) is 59.9 Å². The number of hydrogen-bond acceptors (Lipinski definition) is 6. The van der Waals surface area contributed by atoms with E-state index in [0.717, 1.165) is 62.0 Å². The Kier molecular flexibility index (Phi) is 8.14. The molecular weight excluding hydrogens is 449 g/mol. The second-order valence-electron chi connectivity index (χ2n) is 6.67. The summed E-state index contributed by atoms with van der Waals surface area (Å²) in [5, 5.41) is 4.63. The Balaban J connectivity index is 0.00000225. The number of guanidine groups is 1. The Labute approximate surface area is 172 Å². The summed E-state index contributed by atoms with van der Waals surface area (Å²) in [5.74, 6) is 2.73. The van der Waals surface area contributed by atoms with E-state index < -0.39 is 0 Å². The van der Waals surface area contributed by atoms with Crippen LogP contribution in [-0.2, 0) is 6.42 Å². The van der Waals surface area contributed by atoms with Crippen LogP contribution in [0.5, 0.6) is 0 Å². The van der Waals surface area contributed by atoms with Crippen molar-refractivity contribution >= 4 is 46.6 Å². The lowest BCUT2D eigenvalue weighted by molar-refractivity contribution is 0.363. The second-order valence-corrected chi connectivity index (χ2v) is 7.40. The number of hydrogen-bond donors (Lipinski definition) is 1. The maximum absolute atomic E-state index is 4.60. The SMILES string of the molecule is CCc1nsc(N2CCN(C(=NC)NCC3CCN(C)C3)CC2)n1.I. The van der Waals surface area contributed by atoms with Crippen molar-refractivity contribution in [2.75, 3.05) is 64.8 Å². The van der Waals surface area contributed by atoms with Gasteiger partial charge in [0.2, 0.25) is 5.13 Å². The maximum Gasteiger partial charge on any atom is 0.205 e. The molecule has 2 aliphatic rings. The number of anilines is 1. The third-order valence-electron chi connectivity index (χ3n) is 4.87. The Morgan fingerprint density at radius 3 is 2.60 bits per heavy atom. The molecule has 0 aromatic carbocycles. The molecule has 1 atom stereocenters. The summed E-state index contributed by atoms with van der Waals surface area (Å²) in [4.78, 5) is 16.2. The fourth-order valence-electron chi connectivity index (χ4n) is 3.39. The van der Waals surface area contributed by atoms with Crippen LogP contribution < -0.4 is 10.2 Å². The van der Waals surface area contributed by atoms with Gasteiger partial charge in [0.1, 0.15) is 5.82 Å². The van der Waals surface area contributed by atoms with E-state index in [1.165, 1.54) is 31.0 Å². The summed E-state index contributed by atoms with van der Waals surface area (Å²) in [5.41, 5.74) is 0. The number of nitrogens with zero attached hydrogens (tertiary/aromatic N) is 6. The molecule has 0 radical (unpaired) electrons. The number of rotatable bonds is 4. The van der Waals surface area contributed by atoms with Gasteiger partial charge in [-0.15, -0.1) is 24.0 Å². The first-order valence-electron chi connectivity index (χ1n) is 8.91. The lowest BCUT2D eigenvalue weighted by atomic mass is 10.1. The van der Waals surface area contributed by atoms with E-state index in [9.17, 15) is 0 Å². The van der Waals surface area contributed by atoms with E-state index in [1.807, 2.05) is 7.05 Å². The van der Waals surface area contributed by atoms with Gasteiger partial charge in [0, 0.05) is 64.3 Å².